The van der Waals surface area contributed by atoms with Crippen molar-refractivity contribution >= 4 is 22.8 Å². The monoisotopic (exact) mass is 323 g/mol. The highest BCUT2D eigenvalue weighted by atomic mass is 32.2. The normalized spacial score (nSPS) is 13.0. The first-order valence-electron chi connectivity index (χ1n) is 6.64. The second-order valence-corrected chi connectivity index (χ2v) is 5.82. The zero-order valence-corrected chi connectivity index (χ0v) is 12.7. The van der Waals surface area contributed by atoms with Gasteiger partial charge < -0.3 is 14.9 Å². The van der Waals surface area contributed by atoms with E-state index < -0.39 is 17.3 Å². The highest BCUT2D eigenvalue weighted by Gasteiger charge is 2.34. The second kappa shape index (κ2) is 9.20. The van der Waals surface area contributed by atoms with Gasteiger partial charge in [0.2, 0.25) is 5.12 Å². The number of esters is 1. The van der Waals surface area contributed by atoms with Crippen LogP contribution in [0.15, 0.2) is 30.3 Å². The molecule has 0 fully saturated rings. The quantitative estimate of drug-likeness (QED) is 0.690. The molecule has 6 nitrogen and oxygen atoms in total. The van der Waals surface area contributed by atoms with E-state index in [1.807, 2.05) is 6.07 Å². The average molecular weight is 323 g/mol. The van der Waals surface area contributed by atoms with Gasteiger partial charge in [-0.3, -0.25) is 9.59 Å². The van der Waals surface area contributed by atoms with Crippen molar-refractivity contribution in [3.63, 3.8) is 0 Å². The van der Waals surface area contributed by atoms with E-state index in [1.165, 1.54) is 0 Å². The van der Waals surface area contributed by atoms with Crippen molar-refractivity contribution in [2.24, 2.45) is 0 Å². The third-order valence-corrected chi connectivity index (χ3v) is 4.08. The molecule has 0 radical (unpaired) electrons. The van der Waals surface area contributed by atoms with Crippen LogP contribution in [0.4, 0.5) is 0 Å². The van der Waals surface area contributed by atoms with Gasteiger partial charge in [-0.15, -0.1) is 0 Å². The van der Waals surface area contributed by atoms with E-state index in [1.54, 1.807) is 30.3 Å². The molecular formula is C15H17NO5S. The smallest absolute Gasteiger partial charge is 0.305 e. The van der Waals surface area contributed by atoms with Gasteiger partial charge in [0, 0.05) is 12.0 Å². The predicted octanol–water partition coefficient (Wildman–Crippen LogP) is 1.13. The minimum Gasteiger partial charge on any atom is -0.463 e. The first kappa shape index (κ1) is 18.2. The molecule has 0 aliphatic heterocycles. The number of hydrogen-bond donors (Lipinski definition) is 2. The summed E-state index contributed by atoms with van der Waals surface area (Å²) in [6.07, 6.45) is -0.142. The largest absolute Gasteiger partial charge is 0.463 e. The van der Waals surface area contributed by atoms with Crippen molar-refractivity contribution in [2.45, 2.75) is 17.6 Å². The molecule has 0 amide bonds. The Labute approximate surface area is 132 Å². The Bertz CT molecular complexity index is 543. The molecule has 0 heterocycles. The number of carbonyl (C=O) groups excluding carboxylic acids is 2. The average Bonchev–Trinajstić information content (AvgIpc) is 2.57. The van der Waals surface area contributed by atoms with Gasteiger partial charge in [0.05, 0.1) is 19.3 Å². The van der Waals surface area contributed by atoms with Crippen molar-refractivity contribution < 1.29 is 24.5 Å². The topological polar surface area (TPSA) is 108 Å². The number of benzene rings is 1. The number of nitrogens with zero attached hydrogens (tertiary/aromatic N) is 1. The summed E-state index contributed by atoms with van der Waals surface area (Å²) in [5, 5.41) is 27.0. The van der Waals surface area contributed by atoms with Crippen molar-refractivity contribution in [2.75, 3.05) is 19.8 Å². The van der Waals surface area contributed by atoms with Gasteiger partial charge in [-0.1, -0.05) is 42.1 Å². The van der Waals surface area contributed by atoms with Crippen LogP contribution in [-0.2, 0) is 9.53 Å². The molecular weight excluding hydrogens is 306 g/mol. The molecule has 0 aromatic heterocycles. The van der Waals surface area contributed by atoms with Crippen molar-refractivity contribution in [3.8, 4) is 6.07 Å². The van der Waals surface area contributed by atoms with Crippen LogP contribution in [0.5, 0.6) is 0 Å². The standard InChI is InChI=1S/C15H17NO5S/c16-10-15(11-18,7-6-13(19)21-9-8-17)22-14(20)12-4-2-1-3-5-12/h1-5,17-18H,6-9,11H2. The zero-order chi connectivity index (χ0) is 16.4. The van der Waals surface area contributed by atoms with Crippen LogP contribution in [-0.4, -0.2) is 45.9 Å². The van der Waals surface area contributed by atoms with Crippen molar-refractivity contribution in [1.29, 1.82) is 5.26 Å². The summed E-state index contributed by atoms with van der Waals surface area (Å²) >= 11 is 0.704. The molecule has 1 atom stereocenters. The van der Waals surface area contributed by atoms with E-state index in [2.05, 4.69) is 0 Å². The number of hydrogen-bond acceptors (Lipinski definition) is 7. The number of aliphatic hydroxyl groups excluding tert-OH is 2. The van der Waals surface area contributed by atoms with Crippen LogP contribution in [0.1, 0.15) is 23.2 Å². The van der Waals surface area contributed by atoms with E-state index in [4.69, 9.17) is 9.84 Å². The van der Waals surface area contributed by atoms with Crippen LogP contribution >= 0.6 is 11.8 Å². The number of nitriles is 1. The highest BCUT2D eigenvalue weighted by molar-refractivity contribution is 8.15. The molecule has 0 spiro atoms. The lowest BCUT2D eigenvalue weighted by Crippen LogP contribution is -2.30. The lowest BCUT2D eigenvalue weighted by molar-refractivity contribution is -0.144. The fraction of sp³-hybridized carbons (Fsp3) is 0.400. The van der Waals surface area contributed by atoms with Crippen LogP contribution < -0.4 is 0 Å². The Morgan fingerprint density at radius 2 is 1.95 bits per heavy atom. The predicted molar refractivity (Wildman–Crippen MR) is 81.1 cm³/mol. The summed E-state index contributed by atoms with van der Waals surface area (Å²) in [5.41, 5.74) is 0.420. The van der Waals surface area contributed by atoms with Gasteiger partial charge in [-0.25, -0.2) is 0 Å². The number of carbonyl (C=O) groups is 2. The van der Waals surface area contributed by atoms with Crippen LogP contribution in [0.25, 0.3) is 0 Å². The maximum Gasteiger partial charge on any atom is 0.305 e. The van der Waals surface area contributed by atoms with Crippen LogP contribution in [0, 0.1) is 11.3 Å². The maximum absolute atomic E-state index is 12.1. The van der Waals surface area contributed by atoms with Gasteiger partial charge in [0.25, 0.3) is 0 Å². The third-order valence-electron chi connectivity index (χ3n) is 2.84. The summed E-state index contributed by atoms with van der Waals surface area (Å²) < 4.78 is 3.29. The molecule has 7 heteroatoms. The van der Waals surface area contributed by atoms with Crippen LogP contribution in [0.3, 0.4) is 0 Å². The van der Waals surface area contributed by atoms with Gasteiger partial charge in [-0.2, -0.15) is 5.26 Å². The molecule has 1 unspecified atom stereocenters. The SMILES string of the molecule is N#CC(CO)(CCC(=O)OCCO)SC(=O)c1ccccc1. The van der Waals surface area contributed by atoms with E-state index in [-0.39, 0.29) is 31.2 Å². The minimum absolute atomic E-state index is 0.0203. The van der Waals surface area contributed by atoms with E-state index in [9.17, 15) is 20.0 Å². The van der Waals surface area contributed by atoms with Gasteiger partial charge in [0.1, 0.15) is 11.4 Å². The lowest BCUT2D eigenvalue weighted by Gasteiger charge is -2.22. The molecule has 0 aliphatic rings. The molecule has 0 bridgehead atoms. The molecule has 2 N–H and O–H groups in total. The Balaban J connectivity index is 2.69. The number of aliphatic hydroxyl groups is 2. The summed E-state index contributed by atoms with van der Waals surface area (Å²) in [5.74, 6) is -0.588. The Hall–Kier alpha value is -1.88. The molecule has 0 saturated heterocycles. The Morgan fingerprint density at radius 1 is 1.27 bits per heavy atom. The summed E-state index contributed by atoms with van der Waals surface area (Å²) in [6.45, 7) is -0.954. The maximum atomic E-state index is 12.1. The number of thioether (sulfide) groups is 1. The summed E-state index contributed by atoms with van der Waals surface area (Å²) in [6, 6.07) is 10.3. The Kier molecular flexibility index (Phi) is 7.60. The van der Waals surface area contributed by atoms with Crippen molar-refractivity contribution in [1.82, 2.24) is 0 Å². The Morgan fingerprint density at radius 3 is 2.50 bits per heavy atom. The first-order chi connectivity index (χ1) is 10.6. The fourth-order valence-corrected chi connectivity index (χ4v) is 2.55. The first-order valence-corrected chi connectivity index (χ1v) is 7.45. The third kappa shape index (κ3) is 5.48. The number of ether oxygens (including phenoxy) is 1. The van der Waals surface area contributed by atoms with Gasteiger partial charge >= 0.3 is 5.97 Å². The van der Waals surface area contributed by atoms with E-state index in [0.29, 0.717) is 17.3 Å². The second-order valence-electron chi connectivity index (χ2n) is 4.46. The summed E-state index contributed by atoms with van der Waals surface area (Å²) in [4.78, 5) is 23.6. The fourth-order valence-electron chi connectivity index (χ4n) is 1.62. The van der Waals surface area contributed by atoms with Gasteiger partial charge in [-0.05, 0) is 6.42 Å². The molecule has 22 heavy (non-hydrogen) atoms. The molecule has 1 aromatic rings. The zero-order valence-electron chi connectivity index (χ0n) is 11.9. The molecule has 118 valence electrons. The number of rotatable bonds is 8. The van der Waals surface area contributed by atoms with E-state index in [0.717, 1.165) is 0 Å². The molecule has 1 aromatic carbocycles. The molecule has 0 saturated carbocycles. The summed E-state index contributed by atoms with van der Waals surface area (Å²) in [7, 11) is 0. The molecule has 0 aliphatic carbocycles. The van der Waals surface area contributed by atoms with Crippen molar-refractivity contribution in [3.05, 3.63) is 35.9 Å². The van der Waals surface area contributed by atoms with E-state index >= 15 is 0 Å². The minimum atomic E-state index is -1.40. The van der Waals surface area contributed by atoms with Gasteiger partial charge in [0.15, 0.2) is 0 Å². The van der Waals surface area contributed by atoms with Crippen LogP contribution in [0.2, 0.25) is 0 Å². The highest BCUT2D eigenvalue weighted by Crippen LogP contribution is 2.32. The lowest BCUT2D eigenvalue weighted by atomic mass is 10.1. The molecule has 1 rings (SSSR count).